The predicted octanol–water partition coefficient (Wildman–Crippen LogP) is 5.90. The predicted molar refractivity (Wildman–Crippen MR) is 179 cm³/mol. The summed E-state index contributed by atoms with van der Waals surface area (Å²) >= 11 is 0. The van der Waals surface area contributed by atoms with Crippen LogP contribution in [0.1, 0.15) is 79.0 Å². The van der Waals surface area contributed by atoms with Crippen molar-refractivity contribution in [3.05, 3.63) is 94.1 Å². The van der Waals surface area contributed by atoms with Crippen LogP contribution < -0.4 is 11.1 Å². The summed E-state index contributed by atoms with van der Waals surface area (Å²) in [5, 5.41) is 22.5. The van der Waals surface area contributed by atoms with Gasteiger partial charge in [0, 0.05) is 46.8 Å². The van der Waals surface area contributed by atoms with E-state index >= 15 is 0 Å². The molecule has 1 atom stereocenters. The molecule has 4 N–H and O–H groups in total. The number of anilines is 1. The van der Waals surface area contributed by atoms with Gasteiger partial charge in [0.05, 0.1) is 17.3 Å². The molecule has 2 bridgehead atoms. The van der Waals surface area contributed by atoms with Gasteiger partial charge >= 0.3 is 0 Å². The first-order valence-corrected chi connectivity index (χ1v) is 16.3. The largest absolute Gasteiger partial charge is 0.382 e. The Morgan fingerprint density at radius 3 is 2.52 bits per heavy atom. The lowest BCUT2D eigenvalue weighted by Gasteiger charge is -2.41. The third kappa shape index (κ3) is 6.43. The topological polar surface area (TPSA) is 124 Å². The van der Waals surface area contributed by atoms with Crippen molar-refractivity contribution >= 4 is 22.6 Å². The molecule has 0 spiro atoms. The first-order valence-electron chi connectivity index (χ1n) is 16.3. The molecular formula is C37H35F4N7O2. The fourth-order valence-corrected chi connectivity index (χ4v) is 7.30. The maximum absolute atomic E-state index is 14.5. The Hall–Kier alpha value is -5.22. The summed E-state index contributed by atoms with van der Waals surface area (Å²) in [7, 11) is 1.75. The number of aromatic nitrogens is 5. The number of amides is 1. The second-order valence-electron chi connectivity index (χ2n) is 13.7. The van der Waals surface area contributed by atoms with Crippen molar-refractivity contribution in [1.82, 2.24) is 29.9 Å². The van der Waals surface area contributed by atoms with E-state index in [1.807, 2.05) is 18.2 Å². The summed E-state index contributed by atoms with van der Waals surface area (Å²) in [5.41, 5.74) is 8.53. The van der Waals surface area contributed by atoms with Crippen LogP contribution in [0, 0.1) is 29.4 Å². The monoisotopic (exact) mass is 685 g/mol. The summed E-state index contributed by atoms with van der Waals surface area (Å²) in [4.78, 5) is 18.8. The number of nitrogens with zero attached hydrogens (tertiary/aromatic N) is 5. The van der Waals surface area contributed by atoms with Gasteiger partial charge in [0.15, 0.2) is 5.82 Å². The average Bonchev–Trinajstić information content (AvgIpc) is 3.55. The molecule has 0 radical (unpaired) electrons. The molecule has 1 fully saturated rings. The van der Waals surface area contributed by atoms with Gasteiger partial charge in [-0.15, -0.1) is 0 Å². The van der Waals surface area contributed by atoms with Gasteiger partial charge in [-0.05, 0) is 87.3 Å². The first kappa shape index (κ1) is 33.3. The summed E-state index contributed by atoms with van der Waals surface area (Å²) in [5.74, 6) is 4.21. The molecule has 1 amide bonds. The maximum atomic E-state index is 14.5. The van der Waals surface area contributed by atoms with Crippen molar-refractivity contribution in [2.45, 2.75) is 70.1 Å². The minimum atomic E-state index is -2.77. The van der Waals surface area contributed by atoms with E-state index in [0.717, 1.165) is 18.9 Å². The molecule has 0 aliphatic heterocycles. The number of benzene rings is 2. The number of carbonyl (C=O) groups is 1. The number of carbonyl (C=O) groups excluding carboxylic acids is 1. The van der Waals surface area contributed by atoms with E-state index in [0.29, 0.717) is 57.1 Å². The highest BCUT2D eigenvalue weighted by molar-refractivity contribution is 6.00. The Morgan fingerprint density at radius 1 is 1.08 bits per heavy atom. The van der Waals surface area contributed by atoms with Gasteiger partial charge < -0.3 is 16.2 Å². The minimum absolute atomic E-state index is 0.0636. The Morgan fingerprint density at radius 2 is 1.82 bits per heavy atom. The zero-order valence-corrected chi connectivity index (χ0v) is 27.6. The van der Waals surface area contributed by atoms with Crippen molar-refractivity contribution < 1.29 is 27.5 Å². The number of para-hydroxylation sites is 1. The molecule has 3 aromatic heterocycles. The van der Waals surface area contributed by atoms with Gasteiger partial charge in [-0.1, -0.05) is 18.1 Å². The molecular weight excluding hydrogens is 650 g/mol. The molecule has 8 rings (SSSR count). The number of alkyl halides is 2. The fourth-order valence-electron chi connectivity index (χ4n) is 7.30. The lowest BCUT2D eigenvalue weighted by molar-refractivity contribution is -0.122. The van der Waals surface area contributed by atoms with Crippen molar-refractivity contribution in [2.24, 2.45) is 13.0 Å². The van der Waals surface area contributed by atoms with Crippen molar-refractivity contribution in [1.29, 1.82) is 0 Å². The molecule has 50 heavy (non-hydrogen) atoms. The third-order valence-electron chi connectivity index (χ3n) is 9.37. The van der Waals surface area contributed by atoms with Gasteiger partial charge in [-0.2, -0.15) is 10.2 Å². The number of rotatable bonds is 8. The standard InChI is InChI=1S/C37H35F4N7O2/c1-37(2,50)10-9-24-7-8-25(26-5-4-6-27-34(26)47(3)46-36(27)42)31(43-24)29(16-20-13-22(38)17-23(39)14-20)44-30(49)18-48-33-21-11-19(12-21)15-28(33)32(45-48)35(40)41/h4-8,13-14,17,19,21,29,35,50H,11-12,15-16,18H2,1-3H3,(H2,42,46)(H,44,49)/t19?,21?,29-/m0/s1. The number of hydrogen-bond donors (Lipinski definition) is 3. The second kappa shape index (κ2) is 12.6. The molecule has 258 valence electrons. The molecule has 3 aliphatic carbocycles. The van der Waals surface area contributed by atoms with Gasteiger partial charge in [0.2, 0.25) is 5.91 Å². The summed E-state index contributed by atoms with van der Waals surface area (Å²) in [6.45, 7) is 2.72. The maximum Gasteiger partial charge on any atom is 0.282 e. The molecule has 13 heteroatoms. The van der Waals surface area contributed by atoms with E-state index in [1.165, 1.54) is 30.7 Å². The zero-order valence-electron chi connectivity index (χ0n) is 27.6. The van der Waals surface area contributed by atoms with Crippen LogP contribution in [0.4, 0.5) is 23.4 Å². The Balaban J connectivity index is 1.35. The van der Waals surface area contributed by atoms with E-state index in [2.05, 4.69) is 27.4 Å². The van der Waals surface area contributed by atoms with Gasteiger partial charge in [-0.3, -0.25) is 14.2 Å². The molecule has 2 aromatic carbocycles. The Bertz CT molecular complexity index is 2180. The van der Waals surface area contributed by atoms with Gasteiger partial charge in [0.1, 0.15) is 35.2 Å². The van der Waals surface area contributed by atoms with Crippen LogP contribution >= 0.6 is 0 Å². The second-order valence-corrected chi connectivity index (χ2v) is 13.7. The zero-order chi connectivity index (χ0) is 35.5. The number of hydrogen-bond acceptors (Lipinski definition) is 6. The van der Waals surface area contributed by atoms with Crippen LogP contribution in [0.5, 0.6) is 0 Å². The molecule has 0 saturated heterocycles. The fraction of sp³-hybridized carbons (Fsp3) is 0.351. The molecule has 5 aromatic rings. The number of pyridine rings is 1. The Kier molecular flexibility index (Phi) is 8.38. The van der Waals surface area contributed by atoms with Crippen molar-refractivity contribution in [3.8, 4) is 23.0 Å². The molecule has 0 unspecified atom stereocenters. The van der Waals surface area contributed by atoms with Crippen molar-refractivity contribution in [3.63, 3.8) is 0 Å². The number of fused-ring (bicyclic) bond motifs is 1. The van der Waals surface area contributed by atoms with Crippen LogP contribution in [0.3, 0.4) is 0 Å². The van der Waals surface area contributed by atoms with E-state index in [9.17, 15) is 27.5 Å². The molecule has 9 nitrogen and oxygen atoms in total. The quantitative estimate of drug-likeness (QED) is 0.138. The highest BCUT2D eigenvalue weighted by Gasteiger charge is 2.43. The van der Waals surface area contributed by atoms with E-state index in [1.54, 1.807) is 23.9 Å². The van der Waals surface area contributed by atoms with Crippen LogP contribution in [-0.2, 0) is 31.2 Å². The summed E-state index contributed by atoms with van der Waals surface area (Å²) < 4.78 is 60.0. The number of aryl methyl sites for hydroxylation is 1. The highest BCUT2D eigenvalue weighted by Crippen LogP contribution is 2.51. The summed E-state index contributed by atoms with van der Waals surface area (Å²) in [6.07, 6.45) is -0.615. The lowest BCUT2D eigenvalue weighted by Crippen LogP contribution is -2.36. The smallest absolute Gasteiger partial charge is 0.282 e. The van der Waals surface area contributed by atoms with Crippen LogP contribution in [-0.4, -0.2) is 41.2 Å². The average molecular weight is 686 g/mol. The van der Waals surface area contributed by atoms with Crippen LogP contribution in [0.2, 0.25) is 0 Å². The van der Waals surface area contributed by atoms with Gasteiger partial charge in [-0.25, -0.2) is 22.5 Å². The summed E-state index contributed by atoms with van der Waals surface area (Å²) in [6, 6.07) is 11.0. The van der Waals surface area contributed by atoms with Gasteiger partial charge in [0.25, 0.3) is 6.43 Å². The van der Waals surface area contributed by atoms with E-state index in [4.69, 9.17) is 10.7 Å². The number of nitrogens with two attached hydrogens (primary N) is 1. The molecule has 1 saturated carbocycles. The van der Waals surface area contributed by atoms with E-state index < -0.39 is 35.6 Å². The SMILES string of the molecule is Cn1nc(N)c2cccc(-c3ccc(C#CC(C)(C)O)nc3[C@H](Cc3cc(F)cc(F)c3)NC(=O)Cn3nc(C(F)F)c4c3C3CC(C4)C3)c21. The van der Waals surface area contributed by atoms with Crippen molar-refractivity contribution in [2.75, 3.05) is 5.73 Å². The number of nitrogen functional groups attached to an aromatic ring is 1. The number of aliphatic hydroxyl groups is 1. The van der Waals surface area contributed by atoms with Crippen LogP contribution in [0.15, 0.2) is 48.5 Å². The normalized spacial score (nSPS) is 17.2. The molecule has 3 aliphatic rings. The lowest BCUT2D eigenvalue weighted by atomic mass is 9.64. The van der Waals surface area contributed by atoms with Crippen LogP contribution in [0.25, 0.3) is 22.0 Å². The highest BCUT2D eigenvalue weighted by atomic mass is 19.3. The van der Waals surface area contributed by atoms with E-state index in [-0.39, 0.29) is 35.8 Å². The number of halogens is 4. The minimum Gasteiger partial charge on any atom is -0.382 e. The first-order chi connectivity index (χ1) is 23.7. The molecule has 3 heterocycles. The number of nitrogens with one attached hydrogen (secondary N) is 1. The third-order valence-corrected chi connectivity index (χ3v) is 9.37. The Labute approximate surface area is 285 Å².